The zero-order valence-corrected chi connectivity index (χ0v) is 16.4. The molecule has 0 aromatic heterocycles. The van der Waals surface area contributed by atoms with Gasteiger partial charge in [0.05, 0.1) is 26.0 Å². The minimum atomic E-state index is -0.188. The molecule has 7 heteroatoms. The Morgan fingerprint density at radius 3 is 2.32 bits per heavy atom. The van der Waals surface area contributed by atoms with Gasteiger partial charge in [-0.05, 0) is 43.7 Å². The van der Waals surface area contributed by atoms with Gasteiger partial charge in [-0.1, -0.05) is 12.1 Å². The lowest BCUT2D eigenvalue weighted by atomic mass is 10.2. The van der Waals surface area contributed by atoms with E-state index in [2.05, 4.69) is 10.6 Å². The van der Waals surface area contributed by atoms with Gasteiger partial charge in [-0.2, -0.15) is 0 Å². The van der Waals surface area contributed by atoms with Gasteiger partial charge in [-0.25, -0.2) is 0 Å². The van der Waals surface area contributed by atoms with Crippen molar-refractivity contribution < 1.29 is 23.8 Å². The van der Waals surface area contributed by atoms with Crippen molar-refractivity contribution in [2.24, 2.45) is 0 Å². The number of carbonyl (C=O) groups excluding carboxylic acids is 2. The van der Waals surface area contributed by atoms with Crippen molar-refractivity contribution in [1.82, 2.24) is 0 Å². The number of methoxy groups -OCH3 is 1. The van der Waals surface area contributed by atoms with E-state index in [0.29, 0.717) is 48.3 Å². The highest BCUT2D eigenvalue weighted by Gasteiger charge is 2.10. The summed E-state index contributed by atoms with van der Waals surface area (Å²) in [5.41, 5.74) is 1.08. The number of benzene rings is 2. The molecule has 0 unspecified atom stereocenters. The predicted molar refractivity (Wildman–Crippen MR) is 108 cm³/mol. The fourth-order valence-corrected chi connectivity index (χ4v) is 2.56. The summed E-state index contributed by atoms with van der Waals surface area (Å²) in [6, 6.07) is 12.5. The summed E-state index contributed by atoms with van der Waals surface area (Å²) in [6.07, 6.45) is 0.824. The molecule has 7 nitrogen and oxygen atoms in total. The highest BCUT2D eigenvalue weighted by molar-refractivity contribution is 5.94. The van der Waals surface area contributed by atoms with Crippen LogP contribution < -0.4 is 24.8 Å². The maximum atomic E-state index is 12.3. The molecule has 0 radical (unpaired) electrons. The maximum absolute atomic E-state index is 12.3. The zero-order chi connectivity index (χ0) is 20.4. The SMILES string of the molecule is CCOc1ccccc1OCCCC(=O)Nc1cc(NC(C)=O)ccc1OC. The van der Waals surface area contributed by atoms with E-state index < -0.39 is 0 Å². The lowest BCUT2D eigenvalue weighted by molar-refractivity contribution is -0.116. The van der Waals surface area contributed by atoms with E-state index in [4.69, 9.17) is 14.2 Å². The number of anilines is 2. The molecule has 0 fully saturated rings. The highest BCUT2D eigenvalue weighted by Crippen LogP contribution is 2.28. The van der Waals surface area contributed by atoms with Gasteiger partial charge in [0.15, 0.2) is 11.5 Å². The van der Waals surface area contributed by atoms with E-state index >= 15 is 0 Å². The van der Waals surface area contributed by atoms with Crippen LogP contribution >= 0.6 is 0 Å². The number of hydrogen-bond acceptors (Lipinski definition) is 5. The number of nitrogens with one attached hydrogen (secondary N) is 2. The monoisotopic (exact) mass is 386 g/mol. The second-order valence-corrected chi connectivity index (χ2v) is 5.98. The number of carbonyl (C=O) groups is 2. The molecule has 150 valence electrons. The Morgan fingerprint density at radius 1 is 0.964 bits per heavy atom. The van der Waals surface area contributed by atoms with Gasteiger partial charge in [0.1, 0.15) is 5.75 Å². The topological polar surface area (TPSA) is 85.9 Å². The molecule has 2 rings (SSSR count). The Morgan fingerprint density at radius 2 is 1.68 bits per heavy atom. The van der Waals surface area contributed by atoms with Crippen molar-refractivity contribution in [3.63, 3.8) is 0 Å². The first-order chi connectivity index (χ1) is 13.5. The minimum Gasteiger partial charge on any atom is -0.495 e. The Kier molecular flexibility index (Phi) is 8.14. The molecular weight excluding hydrogens is 360 g/mol. The fraction of sp³-hybridized carbons (Fsp3) is 0.333. The summed E-state index contributed by atoms with van der Waals surface area (Å²) in [5.74, 6) is 1.51. The molecule has 0 bridgehead atoms. The van der Waals surface area contributed by atoms with Gasteiger partial charge in [-0.15, -0.1) is 0 Å². The Labute approximate surface area is 165 Å². The molecule has 0 saturated heterocycles. The largest absolute Gasteiger partial charge is 0.495 e. The quantitative estimate of drug-likeness (QED) is 0.606. The first-order valence-corrected chi connectivity index (χ1v) is 9.13. The van der Waals surface area contributed by atoms with Crippen LogP contribution in [0.2, 0.25) is 0 Å². The van der Waals surface area contributed by atoms with E-state index in [1.807, 2.05) is 31.2 Å². The van der Waals surface area contributed by atoms with Crippen LogP contribution in [0.25, 0.3) is 0 Å². The number of ether oxygens (including phenoxy) is 3. The molecule has 0 atom stereocenters. The van der Waals surface area contributed by atoms with Crippen LogP contribution in [0.15, 0.2) is 42.5 Å². The summed E-state index contributed by atoms with van der Waals surface area (Å²) in [4.78, 5) is 23.5. The molecule has 0 saturated carbocycles. The molecular formula is C21H26N2O5. The van der Waals surface area contributed by atoms with Crippen LogP contribution in [0, 0.1) is 0 Å². The zero-order valence-electron chi connectivity index (χ0n) is 16.4. The van der Waals surface area contributed by atoms with E-state index in [-0.39, 0.29) is 18.2 Å². The van der Waals surface area contributed by atoms with Crippen molar-refractivity contribution >= 4 is 23.2 Å². The minimum absolute atomic E-state index is 0.167. The lowest BCUT2D eigenvalue weighted by Crippen LogP contribution is -2.14. The third kappa shape index (κ3) is 6.50. The van der Waals surface area contributed by atoms with E-state index in [0.717, 1.165) is 0 Å². The van der Waals surface area contributed by atoms with Crippen LogP contribution in [0.5, 0.6) is 17.2 Å². The third-order valence-electron chi connectivity index (χ3n) is 3.75. The number of amides is 2. The molecule has 2 aromatic rings. The summed E-state index contributed by atoms with van der Waals surface area (Å²) >= 11 is 0. The van der Waals surface area contributed by atoms with Crippen LogP contribution in [-0.2, 0) is 9.59 Å². The third-order valence-corrected chi connectivity index (χ3v) is 3.75. The van der Waals surface area contributed by atoms with Gasteiger partial charge in [-0.3, -0.25) is 9.59 Å². The van der Waals surface area contributed by atoms with Crippen molar-refractivity contribution in [3.8, 4) is 17.2 Å². The average Bonchev–Trinajstić information content (AvgIpc) is 2.66. The second kappa shape index (κ2) is 10.8. The molecule has 2 aromatic carbocycles. The molecule has 0 spiro atoms. The van der Waals surface area contributed by atoms with Crippen LogP contribution in [0.4, 0.5) is 11.4 Å². The molecule has 0 aliphatic carbocycles. The van der Waals surface area contributed by atoms with Crippen molar-refractivity contribution in [1.29, 1.82) is 0 Å². The molecule has 2 amide bonds. The van der Waals surface area contributed by atoms with Crippen LogP contribution in [0.3, 0.4) is 0 Å². The highest BCUT2D eigenvalue weighted by atomic mass is 16.5. The van der Waals surface area contributed by atoms with Gasteiger partial charge in [0.2, 0.25) is 11.8 Å². The van der Waals surface area contributed by atoms with Crippen LogP contribution in [0.1, 0.15) is 26.7 Å². The van der Waals surface area contributed by atoms with Crippen molar-refractivity contribution in [2.75, 3.05) is 31.0 Å². The maximum Gasteiger partial charge on any atom is 0.224 e. The first kappa shape index (κ1) is 21.1. The summed E-state index contributed by atoms with van der Waals surface area (Å²) in [6.45, 7) is 4.28. The van der Waals surface area contributed by atoms with E-state index in [1.165, 1.54) is 14.0 Å². The average molecular weight is 386 g/mol. The smallest absolute Gasteiger partial charge is 0.224 e. The van der Waals surface area contributed by atoms with Gasteiger partial charge in [0, 0.05) is 19.0 Å². The van der Waals surface area contributed by atoms with Crippen LogP contribution in [-0.4, -0.2) is 32.1 Å². The summed E-state index contributed by atoms with van der Waals surface area (Å²) < 4.78 is 16.5. The Hall–Kier alpha value is -3.22. The Bertz CT molecular complexity index is 807. The van der Waals surface area contributed by atoms with Gasteiger partial charge >= 0.3 is 0 Å². The van der Waals surface area contributed by atoms with Crippen molar-refractivity contribution in [2.45, 2.75) is 26.7 Å². The summed E-state index contributed by atoms with van der Waals surface area (Å²) in [5, 5.41) is 5.49. The van der Waals surface area contributed by atoms with Gasteiger partial charge in [0.25, 0.3) is 0 Å². The normalized spacial score (nSPS) is 10.1. The molecule has 0 aliphatic heterocycles. The fourth-order valence-electron chi connectivity index (χ4n) is 2.56. The molecule has 0 aliphatic rings. The molecule has 2 N–H and O–H groups in total. The standard InChI is InChI=1S/C21H26N2O5/c1-4-27-19-8-5-6-9-20(19)28-13-7-10-21(25)23-17-14-16(22-15(2)24)11-12-18(17)26-3/h5-6,8-9,11-12,14H,4,7,10,13H2,1-3H3,(H,22,24)(H,23,25). The molecule has 28 heavy (non-hydrogen) atoms. The van der Waals surface area contributed by atoms with Crippen molar-refractivity contribution in [3.05, 3.63) is 42.5 Å². The van der Waals surface area contributed by atoms with Gasteiger partial charge < -0.3 is 24.8 Å². The van der Waals surface area contributed by atoms with E-state index in [9.17, 15) is 9.59 Å². The molecule has 0 heterocycles. The number of rotatable bonds is 10. The number of para-hydroxylation sites is 2. The second-order valence-electron chi connectivity index (χ2n) is 5.98. The summed E-state index contributed by atoms with van der Waals surface area (Å²) in [7, 11) is 1.52. The van der Waals surface area contributed by atoms with E-state index in [1.54, 1.807) is 18.2 Å². The first-order valence-electron chi connectivity index (χ1n) is 9.13. The Balaban J connectivity index is 1.86. The number of hydrogen-bond donors (Lipinski definition) is 2. The predicted octanol–water partition coefficient (Wildman–Crippen LogP) is 3.85. The lowest BCUT2D eigenvalue weighted by Gasteiger charge is -2.13.